The Morgan fingerprint density at radius 1 is 1.02 bits per heavy atom. The number of anilines is 2. The third-order valence-corrected chi connectivity index (χ3v) is 7.82. The number of carbonyl (C=O) groups excluding carboxylic acids is 2. The zero-order valence-electron chi connectivity index (χ0n) is 23.8. The minimum Gasteiger partial charge on any atom is -0.322 e. The smallest absolute Gasteiger partial charge is 0.322 e. The van der Waals surface area contributed by atoms with Gasteiger partial charge in [0, 0.05) is 67.2 Å². The van der Waals surface area contributed by atoms with Crippen molar-refractivity contribution in [1.29, 1.82) is 0 Å². The largest absolute Gasteiger partial charge is 0.416 e. The molecule has 0 spiro atoms. The highest BCUT2D eigenvalue weighted by Crippen LogP contribution is 2.35. The van der Waals surface area contributed by atoms with Crippen molar-refractivity contribution in [2.24, 2.45) is 5.92 Å². The van der Waals surface area contributed by atoms with Crippen LogP contribution in [0.5, 0.6) is 0 Å². The van der Waals surface area contributed by atoms with Crippen molar-refractivity contribution < 1.29 is 22.8 Å². The maximum atomic E-state index is 14.0. The van der Waals surface area contributed by atoms with Crippen LogP contribution >= 0.6 is 11.6 Å². The maximum Gasteiger partial charge on any atom is 0.416 e. The standard InChI is InChI=1S/C32H31ClF3N5O2/c1-20-3-5-24(16-23(20)6-4-21-15-28(33)29(37-18-21)39-30(42)22-7-8-22)31(43)38-26-10-9-25(27(17-26)32(34,35)36)19-41-13-11-40(2)12-14-41/h3,5,9-10,15-18,22H,7-8,11-14,19H2,1-2H3,(H,38,43)(H,37,39,42). The zero-order chi connectivity index (χ0) is 30.7. The maximum absolute atomic E-state index is 14.0. The van der Waals surface area contributed by atoms with E-state index in [2.05, 4.69) is 32.4 Å². The van der Waals surface area contributed by atoms with Gasteiger partial charge in [0.25, 0.3) is 5.91 Å². The van der Waals surface area contributed by atoms with E-state index < -0.39 is 17.6 Å². The highest BCUT2D eigenvalue weighted by molar-refractivity contribution is 6.33. The number of halogens is 4. The van der Waals surface area contributed by atoms with Gasteiger partial charge in [-0.25, -0.2) is 4.98 Å². The van der Waals surface area contributed by atoms with Crippen LogP contribution < -0.4 is 10.6 Å². The molecule has 0 unspecified atom stereocenters. The second kappa shape index (κ2) is 12.8. The van der Waals surface area contributed by atoms with E-state index in [0.717, 1.165) is 37.6 Å². The van der Waals surface area contributed by atoms with Gasteiger partial charge in [0.2, 0.25) is 5.91 Å². The lowest BCUT2D eigenvalue weighted by molar-refractivity contribution is -0.138. The molecule has 11 heteroatoms. The molecule has 1 aliphatic carbocycles. The van der Waals surface area contributed by atoms with Gasteiger partial charge in [-0.15, -0.1) is 0 Å². The molecule has 2 amide bonds. The van der Waals surface area contributed by atoms with Crippen molar-refractivity contribution in [1.82, 2.24) is 14.8 Å². The second-order valence-electron chi connectivity index (χ2n) is 11.0. The molecule has 2 heterocycles. The van der Waals surface area contributed by atoms with E-state index in [1.165, 1.54) is 18.3 Å². The number of aromatic nitrogens is 1. The van der Waals surface area contributed by atoms with Crippen molar-refractivity contribution >= 4 is 34.9 Å². The monoisotopic (exact) mass is 609 g/mol. The van der Waals surface area contributed by atoms with Gasteiger partial charge in [-0.1, -0.05) is 35.6 Å². The summed E-state index contributed by atoms with van der Waals surface area (Å²) >= 11 is 6.29. The number of nitrogens with zero attached hydrogens (tertiary/aromatic N) is 3. The van der Waals surface area contributed by atoms with Crippen LogP contribution in [0.2, 0.25) is 5.02 Å². The van der Waals surface area contributed by atoms with Crippen molar-refractivity contribution in [3.63, 3.8) is 0 Å². The first kappa shape index (κ1) is 30.5. The lowest BCUT2D eigenvalue weighted by Crippen LogP contribution is -2.44. The van der Waals surface area contributed by atoms with Crippen molar-refractivity contribution in [2.75, 3.05) is 43.9 Å². The molecule has 0 radical (unpaired) electrons. The van der Waals surface area contributed by atoms with Gasteiger partial charge in [0.05, 0.1) is 10.6 Å². The van der Waals surface area contributed by atoms with E-state index in [9.17, 15) is 22.8 Å². The van der Waals surface area contributed by atoms with Crippen LogP contribution in [-0.4, -0.2) is 59.8 Å². The number of rotatable bonds is 6. The minimum atomic E-state index is -4.56. The van der Waals surface area contributed by atoms with Crippen LogP contribution in [0, 0.1) is 24.7 Å². The van der Waals surface area contributed by atoms with E-state index in [0.29, 0.717) is 24.2 Å². The van der Waals surface area contributed by atoms with Gasteiger partial charge in [-0.3, -0.25) is 14.5 Å². The minimum absolute atomic E-state index is 0.0167. The Morgan fingerprint density at radius 3 is 2.44 bits per heavy atom. The van der Waals surface area contributed by atoms with E-state index in [-0.39, 0.29) is 46.0 Å². The number of benzene rings is 2. The summed E-state index contributed by atoms with van der Waals surface area (Å²) in [6.07, 6.45) is -1.34. The molecule has 2 N–H and O–H groups in total. The molecule has 1 aliphatic heterocycles. The molecule has 43 heavy (non-hydrogen) atoms. The molecule has 5 rings (SSSR count). The third kappa shape index (κ3) is 7.93. The number of carbonyl (C=O) groups is 2. The van der Waals surface area contributed by atoms with Crippen molar-refractivity contribution in [2.45, 2.75) is 32.5 Å². The van der Waals surface area contributed by atoms with Crippen LogP contribution in [0.15, 0.2) is 48.7 Å². The molecule has 1 saturated heterocycles. The van der Waals surface area contributed by atoms with Gasteiger partial charge in [-0.2, -0.15) is 13.2 Å². The summed E-state index contributed by atoms with van der Waals surface area (Å²) in [5, 5.41) is 5.58. The summed E-state index contributed by atoms with van der Waals surface area (Å²) in [7, 11) is 1.99. The van der Waals surface area contributed by atoms with Gasteiger partial charge in [0.15, 0.2) is 5.82 Å². The summed E-state index contributed by atoms with van der Waals surface area (Å²) in [6.45, 7) is 5.01. The van der Waals surface area contributed by atoms with Crippen LogP contribution in [-0.2, 0) is 17.5 Å². The number of hydrogen-bond donors (Lipinski definition) is 2. The van der Waals surface area contributed by atoms with Gasteiger partial charge in [0.1, 0.15) is 0 Å². The molecule has 7 nitrogen and oxygen atoms in total. The van der Waals surface area contributed by atoms with E-state index in [4.69, 9.17) is 11.6 Å². The lowest BCUT2D eigenvalue weighted by Gasteiger charge is -2.33. The summed E-state index contributed by atoms with van der Waals surface area (Å²) in [6, 6.07) is 10.4. The van der Waals surface area contributed by atoms with Gasteiger partial charge < -0.3 is 15.5 Å². The fourth-order valence-corrected chi connectivity index (χ4v) is 4.92. The number of nitrogens with one attached hydrogen (secondary N) is 2. The molecule has 1 saturated carbocycles. The Balaban J connectivity index is 1.29. The molecule has 0 atom stereocenters. The predicted molar refractivity (Wildman–Crippen MR) is 160 cm³/mol. The SMILES string of the molecule is Cc1ccc(C(=O)Nc2ccc(CN3CCN(C)CC3)c(C(F)(F)F)c2)cc1C#Cc1cnc(NC(=O)C2CC2)c(Cl)c1. The normalized spacial score (nSPS) is 15.9. The van der Waals surface area contributed by atoms with Gasteiger partial charge >= 0.3 is 6.18 Å². The van der Waals surface area contributed by atoms with Gasteiger partial charge in [-0.05, 0) is 68.3 Å². The molecule has 2 aliphatic rings. The number of amides is 2. The highest BCUT2D eigenvalue weighted by atomic mass is 35.5. The average molecular weight is 610 g/mol. The second-order valence-corrected chi connectivity index (χ2v) is 11.4. The number of hydrogen-bond acceptors (Lipinski definition) is 5. The third-order valence-electron chi connectivity index (χ3n) is 7.54. The number of pyridine rings is 1. The summed E-state index contributed by atoms with van der Waals surface area (Å²) in [5.74, 6) is 5.62. The Labute approximate surface area is 253 Å². The molecular formula is C32H31ClF3N5O2. The number of likely N-dealkylation sites (N-methyl/N-ethyl adjacent to an activating group) is 1. The molecule has 0 bridgehead atoms. The zero-order valence-corrected chi connectivity index (χ0v) is 24.6. The van der Waals surface area contributed by atoms with E-state index in [1.807, 2.05) is 18.9 Å². The van der Waals surface area contributed by atoms with Crippen molar-refractivity contribution in [3.05, 3.63) is 87.1 Å². The molecule has 3 aromatic rings. The van der Waals surface area contributed by atoms with Crippen LogP contribution in [0.4, 0.5) is 24.7 Å². The first-order valence-corrected chi connectivity index (χ1v) is 14.4. The Bertz CT molecular complexity index is 1600. The predicted octanol–water partition coefficient (Wildman–Crippen LogP) is 5.81. The Morgan fingerprint density at radius 2 is 1.77 bits per heavy atom. The summed E-state index contributed by atoms with van der Waals surface area (Å²) in [5.41, 5.74) is 1.61. The fraction of sp³-hybridized carbons (Fsp3) is 0.344. The summed E-state index contributed by atoms with van der Waals surface area (Å²) < 4.78 is 41.9. The molecule has 1 aromatic heterocycles. The number of piperazine rings is 1. The number of aryl methyl sites for hydroxylation is 1. The Kier molecular flexibility index (Phi) is 9.06. The molecule has 2 fully saturated rings. The number of alkyl halides is 3. The van der Waals surface area contributed by atoms with Crippen LogP contribution in [0.3, 0.4) is 0 Å². The first-order chi connectivity index (χ1) is 20.5. The fourth-order valence-electron chi connectivity index (χ4n) is 4.71. The highest BCUT2D eigenvalue weighted by Gasteiger charge is 2.34. The average Bonchev–Trinajstić information content (AvgIpc) is 3.81. The first-order valence-electron chi connectivity index (χ1n) is 14.0. The van der Waals surface area contributed by atoms with E-state index in [1.54, 1.807) is 24.3 Å². The lowest BCUT2D eigenvalue weighted by atomic mass is 10.0. The molecule has 2 aromatic carbocycles. The van der Waals surface area contributed by atoms with Crippen LogP contribution in [0.1, 0.15) is 51.0 Å². The molecule has 224 valence electrons. The quantitative estimate of drug-likeness (QED) is 0.345. The Hall–Kier alpha value is -3.91. The van der Waals surface area contributed by atoms with Crippen LogP contribution in [0.25, 0.3) is 0 Å². The summed E-state index contributed by atoms with van der Waals surface area (Å²) in [4.78, 5) is 33.4. The topological polar surface area (TPSA) is 77.6 Å². The molecular weight excluding hydrogens is 579 g/mol. The van der Waals surface area contributed by atoms with Crippen molar-refractivity contribution in [3.8, 4) is 11.8 Å². The van der Waals surface area contributed by atoms with E-state index >= 15 is 0 Å².